The van der Waals surface area contributed by atoms with Crippen LogP contribution in [0.3, 0.4) is 0 Å². The van der Waals surface area contributed by atoms with Gasteiger partial charge in [0.1, 0.15) is 5.75 Å². The quantitative estimate of drug-likeness (QED) is 0.564. The Morgan fingerprint density at radius 2 is 1.90 bits per heavy atom. The molecular formula is C24H28N4O2S. The number of rotatable bonds is 8. The molecule has 1 aromatic heterocycles. The molecule has 162 valence electrons. The molecule has 6 nitrogen and oxygen atoms in total. The number of aromatic nitrogens is 1. The van der Waals surface area contributed by atoms with Gasteiger partial charge in [0.15, 0.2) is 5.13 Å². The van der Waals surface area contributed by atoms with E-state index >= 15 is 0 Å². The molecule has 2 heterocycles. The van der Waals surface area contributed by atoms with Gasteiger partial charge in [-0.15, -0.1) is 11.3 Å². The van der Waals surface area contributed by atoms with Gasteiger partial charge in [-0.2, -0.15) is 0 Å². The Hall–Kier alpha value is -2.90. The predicted octanol–water partition coefficient (Wildman–Crippen LogP) is 4.49. The van der Waals surface area contributed by atoms with Crippen LogP contribution in [0.5, 0.6) is 5.75 Å². The van der Waals surface area contributed by atoms with E-state index in [9.17, 15) is 4.79 Å². The van der Waals surface area contributed by atoms with Crippen molar-refractivity contribution in [1.82, 2.24) is 9.88 Å². The van der Waals surface area contributed by atoms with Crippen LogP contribution in [0.2, 0.25) is 0 Å². The molecule has 0 atom stereocenters. The largest absolute Gasteiger partial charge is 0.497 e. The zero-order valence-electron chi connectivity index (χ0n) is 18.0. The Balaban J connectivity index is 1.33. The molecular weight excluding hydrogens is 408 g/mol. The van der Waals surface area contributed by atoms with Crippen LogP contribution in [0.4, 0.5) is 10.8 Å². The maximum absolute atomic E-state index is 12.6. The third-order valence-corrected chi connectivity index (χ3v) is 6.19. The molecule has 7 heteroatoms. The van der Waals surface area contributed by atoms with Crippen molar-refractivity contribution in [3.05, 3.63) is 59.5 Å². The highest BCUT2D eigenvalue weighted by atomic mass is 32.1. The highest BCUT2D eigenvalue weighted by Gasteiger charge is 2.17. The lowest BCUT2D eigenvalue weighted by atomic mass is 10.1. The fourth-order valence-corrected chi connectivity index (χ4v) is 4.62. The summed E-state index contributed by atoms with van der Waals surface area (Å²) in [6, 6.07) is 16.2. The summed E-state index contributed by atoms with van der Waals surface area (Å²) in [5, 5.41) is 5.50. The van der Waals surface area contributed by atoms with Gasteiger partial charge in [-0.25, -0.2) is 4.98 Å². The Kier molecular flexibility index (Phi) is 6.84. The minimum absolute atomic E-state index is 0.0585. The molecule has 0 bridgehead atoms. The minimum Gasteiger partial charge on any atom is -0.497 e. The van der Waals surface area contributed by atoms with Gasteiger partial charge in [-0.3, -0.25) is 9.69 Å². The van der Waals surface area contributed by atoms with Gasteiger partial charge in [0.2, 0.25) is 5.91 Å². The maximum atomic E-state index is 12.6. The van der Waals surface area contributed by atoms with Gasteiger partial charge < -0.3 is 15.0 Å². The molecule has 0 unspecified atom stereocenters. The van der Waals surface area contributed by atoms with Crippen molar-refractivity contribution in [2.24, 2.45) is 0 Å². The fraction of sp³-hybridized carbons (Fsp3) is 0.333. The molecule has 1 aliphatic rings. The molecule has 0 radical (unpaired) electrons. The van der Waals surface area contributed by atoms with E-state index in [1.807, 2.05) is 41.6 Å². The first-order valence-electron chi connectivity index (χ1n) is 10.5. The van der Waals surface area contributed by atoms with Crippen molar-refractivity contribution in [2.45, 2.75) is 19.4 Å². The molecule has 1 fully saturated rings. The lowest BCUT2D eigenvalue weighted by molar-refractivity contribution is -0.117. The lowest BCUT2D eigenvalue weighted by Gasteiger charge is -2.24. The summed E-state index contributed by atoms with van der Waals surface area (Å²) in [6.45, 7) is 3.27. The van der Waals surface area contributed by atoms with Crippen LogP contribution in [0, 0.1) is 0 Å². The van der Waals surface area contributed by atoms with Crippen LogP contribution < -0.4 is 15.0 Å². The summed E-state index contributed by atoms with van der Waals surface area (Å²) in [5.74, 6) is 0.749. The first kappa shape index (κ1) is 21.3. The van der Waals surface area contributed by atoms with Gasteiger partial charge in [0, 0.05) is 36.3 Å². The number of anilines is 2. The Bertz CT molecular complexity index is 1010. The Morgan fingerprint density at radius 3 is 2.65 bits per heavy atom. The van der Waals surface area contributed by atoms with E-state index in [0.717, 1.165) is 36.6 Å². The van der Waals surface area contributed by atoms with Crippen LogP contribution >= 0.6 is 11.3 Å². The van der Waals surface area contributed by atoms with Crippen molar-refractivity contribution in [3.8, 4) is 17.0 Å². The Labute approximate surface area is 187 Å². The van der Waals surface area contributed by atoms with Crippen molar-refractivity contribution < 1.29 is 9.53 Å². The van der Waals surface area contributed by atoms with Gasteiger partial charge in [-0.05, 0) is 55.8 Å². The average Bonchev–Trinajstić information content (AvgIpc) is 3.46. The topological polar surface area (TPSA) is 57.7 Å². The number of carbonyl (C=O) groups excluding carboxylic acids is 1. The summed E-state index contributed by atoms with van der Waals surface area (Å²) in [5.41, 5.74) is 4.39. The monoisotopic (exact) mass is 436 g/mol. The third-order valence-electron chi connectivity index (χ3n) is 5.43. The molecule has 0 aliphatic carbocycles. The molecule has 0 spiro atoms. The second-order valence-corrected chi connectivity index (χ2v) is 8.67. The molecule has 31 heavy (non-hydrogen) atoms. The standard InChI is InChI=1S/C24H28N4O2S/c1-27(15-19-7-3-4-8-22(19)28-13-5-6-14-28)16-23(29)26-24-25-21(17-31-24)18-9-11-20(30-2)12-10-18/h3-4,7-12,17H,5-6,13-16H2,1-2H3,(H,25,26,29). The summed E-state index contributed by atoms with van der Waals surface area (Å²) in [4.78, 5) is 21.6. The third kappa shape index (κ3) is 5.42. The molecule has 0 saturated carbocycles. The first-order chi connectivity index (χ1) is 15.1. The summed E-state index contributed by atoms with van der Waals surface area (Å²) in [7, 11) is 3.62. The van der Waals surface area contributed by atoms with E-state index in [0.29, 0.717) is 11.7 Å². The zero-order valence-corrected chi connectivity index (χ0v) is 18.8. The molecule has 3 aromatic rings. The average molecular weight is 437 g/mol. The van der Waals surface area contributed by atoms with Crippen molar-refractivity contribution in [2.75, 3.05) is 44.0 Å². The van der Waals surface area contributed by atoms with Crippen LogP contribution in [0.15, 0.2) is 53.9 Å². The van der Waals surface area contributed by atoms with E-state index < -0.39 is 0 Å². The van der Waals surface area contributed by atoms with E-state index in [1.165, 1.54) is 35.4 Å². The van der Waals surface area contributed by atoms with Crippen molar-refractivity contribution in [1.29, 1.82) is 0 Å². The van der Waals surface area contributed by atoms with Gasteiger partial charge in [0.05, 0.1) is 19.3 Å². The SMILES string of the molecule is COc1ccc(-c2csc(NC(=O)CN(C)Cc3ccccc3N3CCCC3)n2)cc1. The highest BCUT2D eigenvalue weighted by Crippen LogP contribution is 2.27. The second-order valence-electron chi connectivity index (χ2n) is 7.81. The highest BCUT2D eigenvalue weighted by molar-refractivity contribution is 7.14. The van der Waals surface area contributed by atoms with E-state index in [4.69, 9.17) is 4.74 Å². The van der Waals surface area contributed by atoms with Crippen molar-refractivity contribution in [3.63, 3.8) is 0 Å². The summed E-state index contributed by atoms with van der Waals surface area (Å²) in [6.07, 6.45) is 2.50. The number of para-hydroxylation sites is 1. The molecule has 1 N–H and O–H groups in total. The van der Waals surface area contributed by atoms with Gasteiger partial charge in [0.25, 0.3) is 0 Å². The number of benzene rings is 2. The van der Waals surface area contributed by atoms with E-state index in [2.05, 4.69) is 39.5 Å². The smallest absolute Gasteiger partial charge is 0.240 e. The number of amides is 1. The molecule has 1 aliphatic heterocycles. The van der Waals surface area contributed by atoms with E-state index in [-0.39, 0.29) is 5.91 Å². The fourth-order valence-electron chi connectivity index (χ4n) is 3.89. The van der Waals surface area contributed by atoms with Gasteiger partial charge in [-0.1, -0.05) is 18.2 Å². The molecule has 1 saturated heterocycles. The first-order valence-corrected chi connectivity index (χ1v) is 11.4. The molecule has 2 aromatic carbocycles. The lowest BCUT2D eigenvalue weighted by Crippen LogP contribution is -2.30. The van der Waals surface area contributed by atoms with Crippen LogP contribution in [-0.4, -0.2) is 49.6 Å². The minimum atomic E-state index is -0.0585. The van der Waals surface area contributed by atoms with Crippen molar-refractivity contribution >= 4 is 28.1 Å². The maximum Gasteiger partial charge on any atom is 0.240 e. The van der Waals surface area contributed by atoms with E-state index in [1.54, 1.807) is 7.11 Å². The van der Waals surface area contributed by atoms with Crippen LogP contribution in [0.25, 0.3) is 11.3 Å². The van der Waals surface area contributed by atoms with Crippen LogP contribution in [-0.2, 0) is 11.3 Å². The molecule has 1 amide bonds. The van der Waals surface area contributed by atoms with Crippen LogP contribution in [0.1, 0.15) is 18.4 Å². The number of nitrogens with zero attached hydrogens (tertiary/aromatic N) is 3. The number of carbonyl (C=O) groups is 1. The zero-order chi connectivity index (χ0) is 21.6. The Morgan fingerprint density at radius 1 is 1.16 bits per heavy atom. The molecule has 4 rings (SSSR count). The number of hydrogen-bond donors (Lipinski definition) is 1. The second kappa shape index (κ2) is 9.94. The number of likely N-dealkylation sites (N-methyl/N-ethyl adjacent to an activating group) is 1. The number of nitrogens with one attached hydrogen (secondary N) is 1. The normalized spacial score (nSPS) is 13.6. The number of hydrogen-bond acceptors (Lipinski definition) is 6. The predicted molar refractivity (Wildman–Crippen MR) is 127 cm³/mol. The number of thiazole rings is 1. The summed E-state index contributed by atoms with van der Waals surface area (Å²) < 4.78 is 5.20. The summed E-state index contributed by atoms with van der Waals surface area (Å²) >= 11 is 1.43. The number of ether oxygens (including phenoxy) is 1. The van der Waals surface area contributed by atoms with Gasteiger partial charge >= 0.3 is 0 Å². The number of methoxy groups -OCH3 is 1.